The first-order chi connectivity index (χ1) is 12.6. The summed E-state index contributed by atoms with van der Waals surface area (Å²) in [5, 5.41) is 4.15. The molecule has 4 rings (SSSR count). The van der Waals surface area contributed by atoms with E-state index in [1.807, 2.05) is 48.2 Å². The summed E-state index contributed by atoms with van der Waals surface area (Å²) < 4.78 is 5.55. The topological polar surface area (TPSA) is 59.2 Å². The Morgan fingerprint density at radius 3 is 2.58 bits per heavy atom. The molecule has 0 spiro atoms. The van der Waals surface area contributed by atoms with E-state index in [9.17, 15) is 4.79 Å². The highest BCUT2D eigenvalue weighted by molar-refractivity contribution is 5.79. The second kappa shape index (κ2) is 6.75. The third kappa shape index (κ3) is 3.01. The fourth-order valence-corrected chi connectivity index (χ4v) is 3.46. The normalized spacial score (nSPS) is 17.1. The fraction of sp³-hybridized carbons (Fsp3) is 0.286. The molecule has 5 heteroatoms. The first-order valence-corrected chi connectivity index (χ1v) is 8.87. The lowest BCUT2D eigenvalue weighted by atomic mass is 10.1. The van der Waals surface area contributed by atoms with Gasteiger partial charge in [-0.15, -0.1) is 0 Å². The number of rotatable bonds is 4. The van der Waals surface area contributed by atoms with E-state index in [0.29, 0.717) is 31.1 Å². The molecule has 2 heterocycles. The van der Waals surface area contributed by atoms with Crippen LogP contribution < -0.4 is 0 Å². The summed E-state index contributed by atoms with van der Waals surface area (Å²) in [7, 11) is 0. The largest absolute Gasteiger partial charge is 0.337 e. The second-order valence-corrected chi connectivity index (χ2v) is 6.77. The minimum atomic E-state index is -0.160. The van der Waals surface area contributed by atoms with Gasteiger partial charge in [-0.3, -0.25) is 4.79 Å². The van der Waals surface area contributed by atoms with Gasteiger partial charge < -0.3 is 9.42 Å². The van der Waals surface area contributed by atoms with E-state index < -0.39 is 0 Å². The van der Waals surface area contributed by atoms with Crippen LogP contribution in [0.2, 0.25) is 0 Å². The molecule has 1 fully saturated rings. The van der Waals surface area contributed by atoms with Gasteiger partial charge in [0, 0.05) is 18.5 Å². The summed E-state index contributed by atoms with van der Waals surface area (Å²) in [6.45, 7) is 4.65. The van der Waals surface area contributed by atoms with Crippen LogP contribution in [0.1, 0.15) is 41.5 Å². The smallest absolute Gasteiger partial charge is 0.249 e. The number of carbonyl (C=O) groups excluding carboxylic acids is 1. The van der Waals surface area contributed by atoms with Crippen LogP contribution in [-0.2, 0) is 11.3 Å². The number of nitrogens with zero attached hydrogens (tertiary/aromatic N) is 3. The lowest BCUT2D eigenvalue weighted by Crippen LogP contribution is -2.27. The Kier molecular flexibility index (Phi) is 4.29. The number of hydrogen-bond acceptors (Lipinski definition) is 4. The van der Waals surface area contributed by atoms with Gasteiger partial charge in [-0.1, -0.05) is 53.7 Å². The molecule has 132 valence electrons. The molecule has 0 N–H and O–H groups in total. The predicted molar refractivity (Wildman–Crippen MR) is 98.2 cm³/mol. The van der Waals surface area contributed by atoms with E-state index in [4.69, 9.17) is 4.52 Å². The fourth-order valence-electron chi connectivity index (χ4n) is 3.46. The number of hydrogen-bond donors (Lipinski definition) is 0. The van der Waals surface area contributed by atoms with E-state index in [0.717, 1.165) is 16.7 Å². The van der Waals surface area contributed by atoms with Gasteiger partial charge in [0.25, 0.3) is 0 Å². The summed E-state index contributed by atoms with van der Waals surface area (Å²) in [6, 6.07) is 15.9. The maximum absolute atomic E-state index is 12.4. The molecule has 1 aromatic heterocycles. The highest BCUT2D eigenvalue weighted by Gasteiger charge is 2.36. The van der Waals surface area contributed by atoms with Crippen LogP contribution in [-0.4, -0.2) is 20.9 Å². The third-order valence-corrected chi connectivity index (χ3v) is 5.04. The maximum atomic E-state index is 12.4. The van der Waals surface area contributed by atoms with Crippen LogP contribution in [0.25, 0.3) is 11.4 Å². The number of aryl methyl sites for hydroxylation is 2. The second-order valence-electron chi connectivity index (χ2n) is 6.77. The molecule has 0 saturated carbocycles. The van der Waals surface area contributed by atoms with Crippen LogP contribution >= 0.6 is 0 Å². The summed E-state index contributed by atoms with van der Waals surface area (Å²) in [5.41, 5.74) is 4.37. The zero-order valence-electron chi connectivity index (χ0n) is 15.0. The van der Waals surface area contributed by atoms with Crippen LogP contribution in [0.15, 0.2) is 53.1 Å². The molecular formula is C21H21N3O2. The average molecular weight is 347 g/mol. The van der Waals surface area contributed by atoms with Crippen LogP contribution in [0, 0.1) is 13.8 Å². The van der Waals surface area contributed by atoms with E-state index in [2.05, 4.69) is 29.2 Å². The molecule has 26 heavy (non-hydrogen) atoms. The molecule has 1 aliphatic rings. The monoisotopic (exact) mass is 347 g/mol. The highest BCUT2D eigenvalue weighted by atomic mass is 16.5. The quantitative estimate of drug-likeness (QED) is 0.709. The van der Waals surface area contributed by atoms with E-state index in [1.165, 1.54) is 5.56 Å². The van der Waals surface area contributed by atoms with E-state index in [1.54, 1.807) is 0 Å². The number of aromatic nitrogens is 2. The van der Waals surface area contributed by atoms with Crippen molar-refractivity contribution in [3.63, 3.8) is 0 Å². The molecular weight excluding hydrogens is 326 g/mol. The molecule has 1 saturated heterocycles. The molecule has 3 aromatic rings. The van der Waals surface area contributed by atoms with Crippen molar-refractivity contribution in [2.45, 2.75) is 39.3 Å². The van der Waals surface area contributed by atoms with Gasteiger partial charge in [0.2, 0.25) is 17.6 Å². The van der Waals surface area contributed by atoms with Crippen molar-refractivity contribution < 1.29 is 9.32 Å². The van der Waals surface area contributed by atoms with Gasteiger partial charge in [0.15, 0.2) is 0 Å². The van der Waals surface area contributed by atoms with Gasteiger partial charge in [0.1, 0.15) is 6.04 Å². The van der Waals surface area contributed by atoms with Crippen molar-refractivity contribution in [1.29, 1.82) is 0 Å². The molecule has 1 atom stereocenters. The number of likely N-dealkylation sites (tertiary alicyclic amines) is 1. The first kappa shape index (κ1) is 16.5. The van der Waals surface area contributed by atoms with E-state index >= 15 is 0 Å². The Morgan fingerprint density at radius 2 is 1.81 bits per heavy atom. The number of amides is 1. The number of benzene rings is 2. The zero-order valence-corrected chi connectivity index (χ0v) is 15.0. The van der Waals surface area contributed by atoms with Gasteiger partial charge in [-0.05, 0) is 37.0 Å². The molecule has 1 amide bonds. The SMILES string of the molecule is Cc1ccccc1CN1C(=O)CCC1c1nc(-c2ccccc2C)no1. The predicted octanol–water partition coefficient (Wildman–Crippen LogP) is 4.22. The number of carbonyl (C=O) groups is 1. The zero-order chi connectivity index (χ0) is 18.1. The Bertz CT molecular complexity index is 948. The average Bonchev–Trinajstić information content (AvgIpc) is 3.25. The van der Waals surface area contributed by atoms with Gasteiger partial charge in [-0.2, -0.15) is 4.98 Å². The van der Waals surface area contributed by atoms with Crippen LogP contribution in [0.5, 0.6) is 0 Å². The van der Waals surface area contributed by atoms with Crippen molar-refractivity contribution in [2.75, 3.05) is 0 Å². The Balaban J connectivity index is 1.62. The summed E-state index contributed by atoms with van der Waals surface area (Å²) in [6.07, 6.45) is 1.22. The maximum Gasteiger partial charge on any atom is 0.249 e. The summed E-state index contributed by atoms with van der Waals surface area (Å²) in [4.78, 5) is 18.9. The lowest BCUT2D eigenvalue weighted by molar-refractivity contribution is -0.130. The third-order valence-electron chi connectivity index (χ3n) is 5.04. The molecule has 5 nitrogen and oxygen atoms in total. The molecule has 1 unspecified atom stereocenters. The molecule has 0 radical (unpaired) electrons. The highest BCUT2D eigenvalue weighted by Crippen LogP contribution is 2.34. The standard InChI is InChI=1S/C21H21N3O2/c1-14-7-3-5-9-16(14)13-24-18(11-12-19(24)25)21-22-20(23-26-21)17-10-6-4-8-15(17)2/h3-10,18H,11-13H2,1-2H3. The minimum Gasteiger partial charge on any atom is -0.337 e. The molecule has 0 aliphatic carbocycles. The van der Waals surface area contributed by atoms with Gasteiger partial charge in [0.05, 0.1) is 0 Å². The minimum absolute atomic E-state index is 0.133. The van der Waals surface area contributed by atoms with Gasteiger partial charge in [-0.25, -0.2) is 0 Å². The molecule has 0 bridgehead atoms. The van der Waals surface area contributed by atoms with Crippen molar-refractivity contribution in [3.8, 4) is 11.4 Å². The molecule has 2 aromatic carbocycles. The van der Waals surface area contributed by atoms with Crippen LogP contribution in [0.3, 0.4) is 0 Å². The molecule has 1 aliphatic heterocycles. The van der Waals surface area contributed by atoms with E-state index in [-0.39, 0.29) is 11.9 Å². The van der Waals surface area contributed by atoms with Crippen LogP contribution in [0.4, 0.5) is 0 Å². The van der Waals surface area contributed by atoms with Crippen molar-refractivity contribution in [2.24, 2.45) is 0 Å². The first-order valence-electron chi connectivity index (χ1n) is 8.87. The summed E-state index contributed by atoms with van der Waals surface area (Å²) >= 11 is 0. The summed E-state index contributed by atoms with van der Waals surface area (Å²) in [5.74, 6) is 1.23. The van der Waals surface area contributed by atoms with Crippen molar-refractivity contribution in [3.05, 3.63) is 71.1 Å². The van der Waals surface area contributed by atoms with Crippen molar-refractivity contribution >= 4 is 5.91 Å². The lowest BCUT2D eigenvalue weighted by Gasteiger charge is -2.23. The Hall–Kier alpha value is -2.95. The Labute approximate surface area is 152 Å². The van der Waals surface area contributed by atoms with Gasteiger partial charge >= 0.3 is 0 Å². The Morgan fingerprint density at radius 1 is 1.08 bits per heavy atom. The van der Waals surface area contributed by atoms with Crippen molar-refractivity contribution in [1.82, 2.24) is 15.0 Å².